The molecular weight excluding hydrogens is 621 g/mol. The summed E-state index contributed by atoms with van der Waals surface area (Å²) in [6.45, 7) is 0.856. The zero-order chi connectivity index (χ0) is 31.6. The molecule has 0 radical (unpaired) electrons. The first-order chi connectivity index (χ1) is 21.8. The number of amides is 2. The molecule has 0 fully saturated rings. The number of hydrogen-bond acceptors (Lipinski definition) is 7. The molecule has 0 aliphatic heterocycles. The lowest BCUT2D eigenvalue weighted by Crippen LogP contribution is -2.38. The summed E-state index contributed by atoms with van der Waals surface area (Å²) in [5, 5.41) is 3.16. The van der Waals surface area contributed by atoms with E-state index in [4.69, 9.17) is 4.55 Å². The minimum Gasteiger partial charge on any atom is -0.324 e. The average molecular weight is 650 g/mol. The third kappa shape index (κ3) is 9.25. The lowest BCUT2D eigenvalue weighted by molar-refractivity contribution is 0.210. The molecule has 2 aromatic heterocycles. The van der Waals surface area contributed by atoms with Crippen LogP contribution in [0.25, 0.3) is 11.4 Å². The van der Waals surface area contributed by atoms with Crippen molar-refractivity contribution in [2.45, 2.75) is 25.3 Å². The van der Waals surface area contributed by atoms with Gasteiger partial charge in [0.2, 0.25) is 16.4 Å². The summed E-state index contributed by atoms with van der Waals surface area (Å²) in [6.07, 6.45) is 4.18. The molecule has 0 saturated carbocycles. The second-order valence-electron chi connectivity index (χ2n) is 9.97. The van der Waals surface area contributed by atoms with Gasteiger partial charge in [-0.05, 0) is 53.4 Å². The predicted molar refractivity (Wildman–Crippen MR) is 169 cm³/mol. The Labute approximate surface area is 265 Å². The smallest absolute Gasteiger partial charge is 0.323 e. The number of benzene rings is 3. The van der Waals surface area contributed by atoms with E-state index in [2.05, 4.69) is 29.4 Å². The molecule has 2 amide bonds. The standard InChI is InChI=1S/C31H29F2N7O3S2/c32-25-10-6-22(7-11-25)27(23-8-12-26(33)13-9-23)14-18-40(19-15-28-34-16-1-17-35-28)31(41)38-30-37-29(39-44-30)24-4-2-21(3-5-24)20-36-45(42)43/h1-13,16-17,27,36H,14-15,18-20H2,(H,42,43)(H,37,38,39,41). The van der Waals surface area contributed by atoms with Crippen LogP contribution in [0.1, 0.15) is 34.9 Å². The van der Waals surface area contributed by atoms with Gasteiger partial charge in [0.05, 0.1) is 0 Å². The van der Waals surface area contributed by atoms with Crippen LogP contribution in [0.2, 0.25) is 0 Å². The van der Waals surface area contributed by atoms with Gasteiger partial charge in [-0.25, -0.2) is 32.5 Å². The molecule has 0 spiro atoms. The number of carbonyl (C=O) groups is 1. The fourth-order valence-corrected chi connectivity index (χ4v) is 5.56. The number of hydrogen-bond donors (Lipinski definition) is 3. The fraction of sp³-hybridized carbons (Fsp3) is 0.194. The Morgan fingerprint density at radius 1 is 0.911 bits per heavy atom. The Bertz CT molecular complexity index is 1660. The van der Waals surface area contributed by atoms with Crippen molar-refractivity contribution >= 4 is 34.0 Å². The van der Waals surface area contributed by atoms with Crippen LogP contribution in [-0.2, 0) is 24.2 Å². The maximum absolute atomic E-state index is 13.7. The van der Waals surface area contributed by atoms with E-state index in [1.807, 2.05) is 0 Å². The fourth-order valence-electron chi connectivity index (χ4n) is 4.69. The Morgan fingerprint density at radius 3 is 2.13 bits per heavy atom. The highest BCUT2D eigenvalue weighted by Crippen LogP contribution is 2.29. The largest absolute Gasteiger partial charge is 0.324 e. The van der Waals surface area contributed by atoms with Crippen molar-refractivity contribution in [2.24, 2.45) is 0 Å². The van der Waals surface area contributed by atoms with E-state index in [0.717, 1.165) is 33.8 Å². The second-order valence-corrected chi connectivity index (χ2v) is 11.5. The third-order valence-electron chi connectivity index (χ3n) is 7.00. The van der Waals surface area contributed by atoms with Crippen LogP contribution in [0.4, 0.5) is 18.7 Å². The number of nitrogens with zero attached hydrogens (tertiary/aromatic N) is 5. The van der Waals surface area contributed by atoms with Gasteiger partial charge in [0, 0.05) is 61.5 Å². The number of nitrogens with one attached hydrogen (secondary N) is 2. The van der Waals surface area contributed by atoms with Crippen LogP contribution in [0.15, 0.2) is 91.3 Å². The van der Waals surface area contributed by atoms with Crippen LogP contribution >= 0.6 is 11.5 Å². The van der Waals surface area contributed by atoms with Gasteiger partial charge < -0.3 is 4.90 Å². The maximum atomic E-state index is 13.7. The van der Waals surface area contributed by atoms with Gasteiger partial charge in [0.15, 0.2) is 5.82 Å². The molecule has 0 bridgehead atoms. The minimum atomic E-state index is -2.10. The first-order valence-corrected chi connectivity index (χ1v) is 15.8. The lowest BCUT2D eigenvalue weighted by Gasteiger charge is -2.26. The molecule has 14 heteroatoms. The highest BCUT2D eigenvalue weighted by Gasteiger charge is 2.21. The Morgan fingerprint density at radius 2 is 1.53 bits per heavy atom. The normalized spacial score (nSPS) is 11.8. The zero-order valence-corrected chi connectivity index (χ0v) is 25.5. The van der Waals surface area contributed by atoms with Crippen molar-refractivity contribution in [2.75, 3.05) is 18.4 Å². The van der Waals surface area contributed by atoms with E-state index in [1.165, 1.54) is 24.3 Å². The van der Waals surface area contributed by atoms with Gasteiger partial charge >= 0.3 is 6.03 Å². The van der Waals surface area contributed by atoms with E-state index < -0.39 is 11.3 Å². The molecule has 45 heavy (non-hydrogen) atoms. The van der Waals surface area contributed by atoms with Crippen LogP contribution in [0, 0.1) is 11.6 Å². The van der Waals surface area contributed by atoms with Gasteiger partial charge in [0.1, 0.15) is 17.5 Å². The minimum absolute atomic E-state index is 0.224. The van der Waals surface area contributed by atoms with E-state index in [1.54, 1.807) is 71.9 Å². The molecule has 3 aromatic carbocycles. The summed E-state index contributed by atoms with van der Waals surface area (Å²) in [6, 6.07) is 20.9. The van der Waals surface area contributed by atoms with Gasteiger partial charge in [-0.3, -0.25) is 9.87 Å². The first-order valence-electron chi connectivity index (χ1n) is 13.9. The molecule has 1 atom stereocenters. The van der Waals surface area contributed by atoms with Gasteiger partial charge in [-0.1, -0.05) is 48.5 Å². The lowest BCUT2D eigenvalue weighted by atomic mass is 9.88. The summed E-state index contributed by atoms with van der Waals surface area (Å²) in [7, 11) is 0. The number of anilines is 1. The highest BCUT2D eigenvalue weighted by molar-refractivity contribution is 7.77. The second kappa shape index (κ2) is 15.5. The molecule has 0 saturated heterocycles. The van der Waals surface area contributed by atoms with Crippen molar-refractivity contribution in [1.82, 2.24) is 28.9 Å². The van der Waals surface area contributed by atoms with Crippen molar-refractivity contribution in [1.29, 1.82) is 0 Å². The summed E-state index contributed by atoms with van der Waals surface area (Å²) >= 11 is -1.06. The van der Waals surface area contributed by atoms with E-state index >= 15 is 0 Å². The quantitative estimate of drug-likeness (QED) is 0.137. The monoisotopic (exact) mass is 649 g/mol. The molecule has 232 valence electrons. The first kappa shape index (κ1) is 31.9. The zero-order valence-electron chi connectivity index (χ0n) is 23.8. The van der Waals surface area contributed by atoms with E-state index in [-0.39, 0.29) is 30.1 Å². The van der Waals surface area contributed by atoms with Crippen molar-refractivity contribution in [3.05, 3.63) is 125 Å². The molecule has 5 aromatic rings. The average Bonchev–Trinajstić information content (AvgIpc) is 3.52. The molecule has 3 N–H and O–H groups in total. The number of rotatable bonds is 13. The molecule has 1 unspecified atom stereocenters. The predicted octanol–water partition coefficient (Wildman–Crippen LogP) is 5.80. The Hall–Kier alpha value is -4.50. The summed E-state index contributed by atoms with van der Waals surface area (Å²) < 4.78 is 54.0. The SMILES string of the molecule is O=C(Nc1nc(-c2ccc(CNS(=O)O)cc2)ns1)N(CCc1ncccn1)CCC(c1ccc(F)cc1)c1ccc(F)cc1. The molecule has 0 aliphatic carbocycles. The molecule has 5 rings (SSSR count). The topological polar surface area (TPSA) is 133 Å². The summed E-state index contributed by atoms with van der Waals surface area (Å²) in [4.78, 5) is 28.3. The van der Waals surface area contributed by atoms with Crippen molar-refractivity contribution < 1.29 is 22.3 Å². The van der Waals surface area contributed by atoms with E-state index in [9.17, 15) is 17.8 Å². The van der Waals surface area contributed by atoms with Gasteiger partial charge in [-0.2, -0.15) is 9.36 Å². The number of urea groups is 1. The Balaban J connectivity index is 1.31. The van der Waals surface area contributed by atoms with Crippen LogP contribution in [0.5, 0.6) is 0 Å². The van der Waals surface area contributed by atoms with Gasteiger partial charge in [-0.15, -0.1) is 0 Å². The van der Waals surface area contributed by atoms with Crippen LogP contribution in [-0.4, -0.2) is 52.1 Å². The van der Waals surface area contributed by atoms with Crippen LogP contribution in [0.3, 0.4) is 0 Å². The van der Waals surface area contributed by atoms with Gasteiger partial charge in [0.25, 0.3) is 0 Å². The number of carbonyl (C=O) groups excluding carboxylic acids is 1. The van der Waals surface area contributed by atoms with Crippen molar-refractivity contribution in [3.8, 4) is 11.4 Å². The highest BCUT2D eigenvalue weighted by atomic mass is 32.2. The van der Waals surface area contributed by atoms with Crippen molar-refractivity contribution in [3.63, 3.8) is 0 Å². The van der Waals surface area contributed by atoms with Crippen LogP contribution < -0.4 is 10.0 Å². The summed E-state index contributed by atoms with van der Waals surface area (Å²) in [5.74, 6) is 0.0788. The number of aromatic nitrogens is 4. The molecule has 10 nitrogen and oxygen atoms in total. The molecule has 2 heterocycles. The maximum Gasteiger partial charge on any atom is 0.323 e. The Kier molecular flexibility index (Phi) is 11.0. The van der Waals surface area contributed by atoms with E-state index in [0.29, 0.717) is 42.7 Å². The summed E-state index contributed by atoms with van der Waals surface area (Å²) in [5.41, 5.74) is 3.22. The number of halogens is 2. The third-order valence-corrected chi connectivity index (χ3v) is 8.02. The molecule has 0 aliphatic rings. The molecular formula is C31H29F2N7O3S2.